The van der Waals surface area contributed by atoms with E-state index in [1.54, 1.807) is 24.4 Å². The molecule has 0 saturated carbocycles. The molecular weight excluding hydrogens is 305 g/mol. The summed E-state index contributed by atoms with van der Waals surface area (Å²) < 4.78 is 38.5. The smallest absolute Gasteiger partial charge is 0.269 e. The van der Waals surface area contributed by atoms with Gasteiger partial charge in [-0.15, -0.1) is 0 Å². The van der Waals surface area contributed by atoms with E-state index in [9.17, 15) is 23.7 Å². The normalized spacial score (nSPS) is 11.7. The minimum atomic E-state index is -4.40. The van der Waals surface area contributed by atoms with Crippen LogP contribution >= 0.6 is 0 Å². The first-order valence-corrected chi connectivity index (χ1v) is 6.86. The number of aromatic nitrogens is 2. The molecule has 0 aliphatic rings. The van der Waals surface area contributed by atoms with E-state index in [0.29, 0.717) is 5.69 Å². The third-order valence-electron chi connectivity index (χ3n) is 3.41. The highest BCUT2D eigenvalue weighted by Gasteiger charge is 2.37. The second-order valence-electron chi connectivity index (χ2n) is 5.19. The van der Waals surface area contributed by atoms with Gasteiger partial charge in [-0.05, 0) is 12.5 Å². The molecule has 0 N–H and O–H groups in total. The molecule has 2 aromatic rings. The van der Waals surface area contributed by atoms with Crippen LogP contribution in [-0.4, -0.2) is 16.0 Å². The SMILES string of the molecule is N#CC(C#N)(CCC(F)(F)F)Cn1ccc(-c2ccccc2)n1. The summed E-state index contributed by atoms with van der Waals surface area (Å²) in [5.41, 5.74) is -0.276. The first-order valence-electron chi connectivity index (χ1n) is 6.86. The van der Waals surface area contributed by atoms with Gasteiger partial charge in [0.25, 0.3) is 0 Å². The van der Waals surface area contributed by atoms with Gasteiger partial charge in [0.2, 0.25) is 0 Å². The standard InChI is InChI=1S/C16H13F3N4/c17-16(18,19)8-7-15(10-20,11-21)12-23-9-6-14(22-23)13-4-2-1-3-5-13/h1-6,9H,7-8,12H2. The molecule has 118 valence electrons. The number of hydrogen-bond donors (Lipinski definition) is 0. The van der Waals surface area contributed by atoms with Crippen LogP contribution in [0.4, 0.5) is 13.2 Å². The largest absolute Gasteiger partial charge is 0.389 e. The van der Waals surface area contributed by atoms with Gasteiger partial charge in [-0.3, -0.25) is 4.68 Å². The second kappa shape index (κ2) is 6.53. The lowest BCUT2D eigenvalue weighted by atomic mass is 9.86. The number of nitriles is 2. The Labute approximate surface area is 131 Å². The summed E-state index contributed by atoms with van der Waals surface area (Å²) in [7, 11) is 0. The maximum Gasteiger partial charge on any atom is 0.389 e. The van der Waals surface area contributed by atoms with E-state index in [1.807, 2.05) is 30.3 Å². The third-order valence-corrected chi connectivity index (χ3v) is 3.41. The zero-order chi connectivity index (χ0) is 16.9. The van der Waals surface area contributed by atoms with Crippen molar-refractivity contribution in [2.45, 2.75) is 25.6 Å². The molecule has 1 aromatic carbocycles. The summed E-state index contributed by atoms with van der Waals surface area (Å²) in [6.45, 7) is -0.205. The molecule has 0 spiro atoms. The van der Waals surface area contributed by atoms with Crippen molar-refractivity contribution in [1.29, 1.82) is 10.5 Å². The summed E-state index contributed by atoms with van der Waals surface area (Å²) >= 11 is 0. The molecule has 7 heteroatoms. The fraction of sp³-hybridized carbons (Fsp3) is 0.312. The fourth-order valence-electron chi connectivity index (χ4n) is 2.13. The second-order valence-corrected chi connectivity index (χ2v) is 5.19. The predicted octanol–water partition coefficient (Wildman–Crippen LogP) is 3.93. The Bertz CT molecular complexity index is 721. The van der Waals surface area contributed by atoms with E-state index in [0.717, 1.165) is 5.56 Å². The predicted molar refractivity (Wildman–Crippen MR) is 76.6 cm³/mol. The molecule has 1 heterocycles. The lowest BCUT2D eigenvalue weighted by Gasteiger charge is -2.19. The zero-order valence-electron chi connectivity index (χ0n) is 12.1. The molecule has 0 unspecified atom stereocenters. The molecule has 4 nitrogen and oxygen atoms in total. The molecule has 0 aliphatic heterocycles. The van der Waals surface area contributed by atoms with Crippen molar-refractivity contribution in [3.8, 4) is 23.4 Å². The molecule has 0 saturated heterocycles. The van der Waals surface area contributed by atoms with Gasteiger partial charge in [-0.25, -0.2) is 0 Å². The number of benzene rings is 1. The Hall–Kier alpha value is -2.80. The van der Waals surface area contributed by atoms with E-state index < -0.39 is 24.4 Å². The van der Waals surface area contributed by atoms with Crippen LogP contribution in [0.15, 0.2) is 42.6 Å². The van der Waals surface area contributed by atoms with Gasteiger partial charge in [0.15, 0.2) is 5.41 Å². The monoisotopic (exact) mass is 318 g/mol. The first-order chi connectivity index (χ1) is 10.9. The molecule has 1 aromatic heterocycles. The Kier molecular flexibility index (Phi) is 4.71. The Morgan fingerprint density at radius 2 is 1.65 bits per heavy atom. The van der Waals surface area contributed by atoms with Crippen LogP contribution in [0.2, 0.25) is 0 Å². The van der Waals surface area contributed by atoms with Crippen molar-refractivity contribution in [1.82, 2.24) is 9.78 Å². The van der Waals surface area contributed by atoms with Gasteiger partial charge in [-0.2, -0.15) is 28.8 Å². The number of halogens is 3. The average molecular weight is 318 g/mol. The molecule has 23 heavy (non-hydrogen) atoms. The van der Waals surface area contributed by atoms with Crippen LogP contribution in [0.3, 0.4) is 0 Å². The topological polar surface area (TPSA) is 65.4 Å². The van der Waals surface area contributed by atoms with Gasteiger partial charge < -0.3 is 0 Å². The minimum Gasteiger partial charge on any atom is -0.269 e. The summed E-state index contributed by atoms with van der Waals surface area (Å²) in [6, 6.07) is 14.3. The van der Waals surface area contributed by atoms with Crippen LogP contribution in [0, 0.1) is 28.1 Å². The minimum absolute atomic E-state index is 0.205. The van der Waals surface area contributed by atoms with Crippen LogP contribution < -0.4 is 0 Å². The van der Waals surface area contributed by atoms with Gasteiger partial charge in [0.1, 0.15) is 0 Å². The van der Waals surface area contributed by atoms with Crippen molar-refractivity contribution in [2.24, 2.45) is 5.41 Å². The van der Waals surface area contributed by atoms with E-state index in [4.69, 9.17) is 0 Å². The molecule has 0 radical (unpaired) electrons. The maximum atomic E-state index is 12.4. The molecule has 0 bridgehead atoms. The Morgan fingerprint density at radius 3 is 2.22 bits per heavy atom. The molecule has 0 fully saturated rings. The van der Waals surface area contributed by atoms with E-state index in [1.165, 1.54) is 4.68 Å². The Morgan fingerprint density at radius 1 is 1.00 bits per heavy atom. The Balaban J connectivity index is 2.17. The van der Waals surface area contributed by atoms with Crippen molar-refractivity contribution in [2.75, 3.05) is 0 Å². The van der Waals surface area contributed by atoms with Crippen LogP contribution in [0.1, 0.15) is 12.8 Å². The van der Waals surface area contributed by atoms with Crippen molar-refractivity contribution >= 4 is 0 Å². The average Bonchev–Trinajstić information content (AvgIpc) is 3.00. The summed E-state index contributed by atoms with van der Waals surface area (Å²) in [6.07, 6.45) is -4.61. The molecule has 0 aliphatic carbocycles. The van der Waals surface area contributed by atoms with Crippen LogP contribution in [0.5, 0.6) is 0 Å². The number of alkyl halides is 3. The molecule has 0 atom stereocenters. The quantitative estimate of drug-likeness (QED) is 0.839. The highest BCUT2D eigenvalue weighted by molar-refractivity contribution is 5.57. The summed E-state index contributed by atoms with van der Waals surface area (Å²) in [4.78, 5) is 0. The van der Waals surface area contributed by atoms with E-state index >= 15 is 0 Å². The van der Waals surface area contributed by atoms with Crippen molar-refractivity contribution in [3.63, 3.8) is 0 Å². The summed E-state index contributed by atoms with van der Waals surface area (Å²) in [5, 5.41) is 22.6. The van der Waals surface area contributed by atoms with Gasteiger partial charge in [0.05, 0.1) is 24.4 Å². The number of hydrogen-bond acceptors (Lipinski definition) is 3. The van der Waals surface area contributed by atoms with Crippen molar-refractivity contribution in [3.05, 3.63) is 42.6 Å². The van der Waals surface area contributed by atoms with Crippen LogP contribution in [-0.2, 0) is 6.54 Å². The fourth-order valence-corrected chi connectivity index (χ4v) is 2.13. The molecule has 2 rings (SSSR count). The van der Waals surface area contributed by atoms with Crippen molar-refractivity contribution < 1.29 is 13.2 Å². The highest BCUT2D eigenvalue weighted by atomic mass is 19.4. The van der Waals surface area contributed by atoms with Gasteiger partial charge in [0, 0.05) is 18.2 Å². The first kappa shape index (κ1) is 16.6. The molecular formula is C16H13F3N4. The van der Waals surface area contributed by atoms with E-state index in [2.05, 4.69) is 5.10 Å². The lowest BCUT2D eigenvalue weighted by molar-refractivity contribution is -0.138. The number of nitrogens with zero attached hydrogens (tertiary/aromatic N) is 4. The van der Waals surface area contributed by atoms with Crippen LogP contribution in [0.25, 0.3) is 11.3 Å². The van der Waals surface area contributed by atoms with Gasteiger partial charge >= 0.3 is 6.18 Å². The number of rotatable bonds is 5. The highest BCUT2D eigenvalue weighted by Crippen LogP contribution is 2.31. The third kappa shape index (κ3) is 4.33. The summed E-state index contributed by atoms with van der Waals surface area (Å²) in [5.74, 6) is 0. The maximum absolute atomic E-state index is 12.4. The van der Waals surface area contributed by atoms with E-state index in [-0.39, 0.29) is 6.54 Å². The molecule has 0 amide bonds. The lowest BCUT2D eigenvalue weighted by Crippen LogP contribution is -2.26. The van der Waals surface area contributed by atoms with Gasteiger partial charge in [-0.1, -0.05) is 30.3 Å². The zero-order valence-corrected chi connectivity index (χ0v) is 12.1.